The molecule has 1 aliphatic rings. The summed E-state index contributed by atoms with van der Waals surface area (Å²) >= 11 is 3.53. The molecule has 0 saturated heterocycles. The zero-order chi connectivity index (χ0) is 13.2. The van der Waals surface area contributed by atoms with Crippen molar-refractivity contribution in [3.63, 3.8) is 0 Å². The number of rotatable bonds is 4. The quantitative estimate of drug-likeness (QED) is 0.831. The standard InChI is InChI=1S/C17H20BrN/c1-19-17(9-12-3-2-4-12)15-6-5-14-11-16(18)8-7-13(14)10-15/h5-8,10-12,17,19H,2-4,9H2,1H3. The topological polar surface area (TPSA) is 12.0 Å². The second kappa shape index (κ2) is 5.64. The zero-order valence-electron chi connectivity index (χ0n) is 11.3. The smallest absolute Gasteiger partial charge is 0.0320 e. The molecule has 2 heteroatoms. The number of halogens is 1. The molecule has 1 N–H and O–H groups in total. The van der Waals surface area contributed by atoms with E-state index in [1.807, 2.05) is 0 Å². The van der Waals surface area contributed by atoms with Crippen LogP contribution in [0.1, 0.15) is 37.3 Å². The third kappa shape index (κ3) is 2.85. The fourth-order valence-corrected chi connectivity index (χ4v) is 3.31. The van der Waals surface area contributed by atoms with Crippen LogP contribution in [0.4, 0.5) is 0 Å². The maximum absolute atomic E-state index is 3.53. The summed E-state index contributed by atoms with van der Waals surface area (Å²) in [6.07, 6.45) is 5.53. The molecule has 1 atom stereocenters. The van der Waals surface area contributed by atoms with E-state index in [1.54, 1.807) is 0 Å². The molecule has 0 heterocycles. The number of hydrogen-bond acceptors (Lipinski definition) is 1. The molecular formula is C17H20BrN. The first-order valence-corrected chi connectivity index (χ1v) is 7.92. The minimum absolute atomic E-state index is 0.498. The van der Waals surface area contributed by atoms with Gasteiger partial charge in [-0.25, -0.2) is 0 Å². The van der Waals surface area contributed by atoms with E-state index in [0.717, 1.165) is 10.4 Å². The maximum Gasteiger partial charge on any atom is 0.0320 e. The Balaban J connectivity index is 1.87. The maximum atomic E-state index is 3.53. The van der Waals surface area contributed by atoms with Crippen LogP contribution in [0.3, 0.4) is 0 Å². The molecular weight excluding hydrogens is 298 g/mol. The third-order valence-corrected chi connectivity index (χ3v) is 4.86. The monoisotopic (exact) mass is 317 g/mol. The first kappa shape index (κ1) is 13.1. The van der Waals surface area contributed by atoms with Crippen molar-refractivity contribution >= 4 is 26.7 Å². The molecule has 3 rings (SSSR count). The summed E-state index contributed by atoms with van der Waals surface area (Å²) in [4.78, 5) is 0. The first-order valence-electron chi connectivity index (χ1n) is 7.13. The third-order valence-electron chi connectivity index (χ3n) is 4.37. The molecule has 2 aromatic rings. The van der Waals surface area contributed by atoms with E-state index in [2.05, 4.69) is 64.7 Å². The summed E-state index contributed by atoms with van der Waals surface area (Å²) in [5.41, 5.74) is 1.42. The summed E-state index contributed by atoms with van der Waals surface area (Å²) in [6.45, 7) is 0. The predicted octanol–water partition coefficient (Wildman–Crippen LogP) is 5.05. The van der Waals surface area contributed by atoms with Crippen LogP contribution in [-0.2, 0) is 0 Å². The average Bonchev–Trinajstić information content (AvgIpc) is 2.37. The van der Waals surface area contributed by atoms with E-state index in [0.29, 0.717) is 6.04 Å². The number of benzene rings is 2. The molecule has 100 valence electrons. The number of nitrogens with one attached hydrogen (secondary N) is 1. The van der Waals surface area contributed by atoms with Gasteiger partial charge < -0.3 is 5.32 Å². The largest absolute Gasteiger partial charge is 0.313 e. The summed E-state index contributed by atoms with van der Waals surface area (Å²) in [7, 11) is 2.08. The fraction of sp³-hybridized carbons (Fsp3) is 0.412. The summed E-state index contributed by atoms with van der Waals surface area (Å²) in [5, 5.41) is 6.12. The molecule has 0 aromatic heterocycles. The van der Waals surface area contributed by atoms with Crippen LogP contribution in [0.2, 0.25) is 0 Å². The highest BCUT2D eigenvalue weighted by Gasteiger charge is 2.22. The van der Waals surface area contributed by atoms with Crippen LogP contribution >= 0.6 is 15.9 Å². The average molecular weight is 318 g/mol. The Morgan fingerprint density at radius 3 is 2.58 bits per heavy atom. The Morgan fingerprint density at radius 1 is 1.16 bits per heavy atom. The predicted molar refractivity (Wildman–Crippen MR) is 85.4 cm³/mol. The van der Waals surface area contributed by atoms with Gasteiger partial charge >= 0.3 is 0 Å². The van der Waals surface area contributed by atoms with Crippen molar-refractivity contribution in [1.82, 2.24) is 5.32 Å². The van der Waals surface area contributed by atoms with Gasteiger partial charge in [-0.3, -0.25) is 0 Å². The molecule has 2 aromatic carbocycles. The summed E-state index contributed by atoms with van der Waals surface area (Å²) in [5.74, 6) is 0.929. The molecule has 0 radical (unpaired) electrons. The summed E-state index contributed by atoms with van der Waals surface area (Å²) < 4.78 is 1.15. The fourth-order valence-electron chi connectivity index (χ4n) is 2.93. The van der Waals surface area contributed by atoms with Gasteiger partial charge in [0.1, 0.15) is 0 Å². The van der Waals surface area contributed by atoms with E-state index < -0.39 is 0 Å². The zero-order valence-corrected chi connectivity index (χ0v) is 12.9. The van der Waals surface area contributed by atoms with Crippen molar-refractivity contribution in [3.05, 3.63) is 46.4 Å². The molecule has 0 amide bonds. The number of hydrogen-bond donors (Lipinski definition) is 1. The van der Waals surface area contributed by atoms with Crippen LogP contribution in [0.25, 0.3) is 10.8 Å². The van der Waals surface area contributed by atoms with Crippen LogP contribution in [0.15, 0.2) is 40.9 Å². The molecule has 0 bridgehead atoms. The van der Waals surface area contributed by atoms with Crippen molar-refractivity contribution < 1.29 is 0 Å². The van der Waals surface area contributed by atoms with Gasteiger partial charge in [0, 0.05) is 10.5 Å². The minimum atomic E-state index is 0.498. The Labute approximate surface area is 123 Å². The van der Waals surface area contributed by atoms with Crippen LogP contribution < -0.4 is 5.32 Å². The molecule has 19 heavy (non-hydrogen) atoms. The Kier molecular flexibility index (Phi) is 3.90. The lowest BCUT2D eigenvalue weighted by Crippen LogP contribution is -2.23. The van der Waals surface area contributed by atoms with Crippen molar-refractivity contribution in [2.45, 2.75) is 31.7 Å². The minimum Gasteiger partial charge on any atom is -0.313 e. The lowest BCUT2D eigenvalue weighted by atomic mass is 9.79. The second-order valence-corrected chi connectivity index (χ2v) is 6.54. The van der Waals surface area contributed by atoms with E-state index in [-0.39, 0.29) is 0 Å². The van der Waals surface area contributed by atoms with Gasteiger partial charge in [0.05, 0.1) is 0 Å². The molecule has 1 unspecified atom stereocenters. The highest BCUT2D eigenvalue weighted by molar-refractivity contribution is 9.10. The lowest BCUT2D eigenvalue weighted by Gasteiger charge is -2.30. The molecule has 1 aliphatic carbocycles. The molecule has 1 nitrogen and oxygen atoms in total. The van der Waals surface area contributed by atoms with Crippen molar-refractivity contribution in [2.75, 3.05) is 7.05 Å². The Hall–Kier alpha value is -0.860. The van der Waals surface area contributed by atoms with Gasteiger partial charge in [0.25, 0.3) is 0 Å². The van der Waals surface area contributed by atoms with E-state index in [1.165, 1.54) is 42.0 Å². The van der Waals surface area contributed by atoms with Crippen LogP contribution in [0, 0.1) is 5.92 Å². The lowest BCUT2D eigenvalue weighted by molar-refractivity contribution is 0.266. The molecule has 0 aliphatic heterocycles. The van der Waals surface area contributed by atoms with E-state index in [9.17, 15) is 0 Å². The van der Waals surface area contributed by atoms with Crippen molar-refractivity contribution in [2.24, 2.45) is 5.92 Å². The van der Waals surface area contributed by atoms with Gasteiger partial charge in [-0.1, -0.05) is 53.4 Å². The first-order chi connectivity index (χ1) is 9.26. The highest BCUT2D eigenvalue weighted by Crippen LogP contribution is 2.35. The van der Waals surface area contributed by atoms with Gasteiger partial charge in [0.15, 0.2) is 0 Å². The van der Waals surface area contributed by atoms with E-state index in [4.69, 9.17) is 0 Å². The SMILES string of the molecule is CNC(CC1CCC1)c1ccc2cc(Br)ccc2c1. The molecule has 1 fully saturated rings. The van der Waals surface area contributed by atoms with Crippen LogP contribution in [0.5, 0.6) is 0 Å². The van der Waals surface area contributed by atoms with Gasteiger partial charge in [-0.2, -0.15) is 0 Å². The normalized spacial score (nSPS) is 17.4. The second-order valence-electron chi connectivity index (χ2n) is 5.62. The number of fused-ring (bicyclic) bond motifs is 1. The summed E-state index contributed by atoms with van der Waals surface area (Å²) in [6, 6.07) is 13.8. The Morgan fingerprint density at radius 2 is 1.89 bits per heavy atom. The molecule has 0 spiro atoms. The van der Waals surface area contributed by atoms with Gasteiger partial charge in [-0.15, -0.1) is 0 Å². The molecule has 1 saturated carbocycles. The van der Waals surface area contributed by atoms with Crippen molar-refractivity contribution in [3.8, 4) is 0 Å². The van der Waals surface area contributed by atoms with Gasteiger partial charge in [-0.05, 0) is 53.9 Å². The highest BCUT2D eigenvalue weighted by atomic mass is 79.9. The van der Waals surface area contributed by atoms with E-state index >= 15 is 0 Å². The van der Waals surface area contributed by atoms with Gasteiger partial charge in [0.2, 0.25) is 0 Å². The Bertz CT molecular complexity index is 574. The van der Waals surface area contributed by atoms with Crippen molar-refractivity contribution in [1.29, 1.82) is 0 Å². The van der Waals surface area contributed by atoms with Crippen LogP contribution in [-0.4, -0.2) is 7.05 Å².